The maximum absolute atomic E-state index is 13.9. The van der Waals surface area contributed by atoms with Gasteiger partial charge in [0.25, 0.3) is 0 Å². The van der Waals surface area contributed by atoms with Gasteiger partial charge in [-0.2, -0.15) is 0 Å². The van der Waals surface area contributed by atoms with E-state index in [1.807, 2.05) is 19.9 Å². The number of nitrogens with zero attached hydrogens (tertiary/aromatic N) is 2. The van der Waals surface area contributed by atoms with Gasteiger partial charge in [-0.15, -0.1) is 10.2 Å². The van der Waals surface area contributed by atoms with Gasteiger partial charge in [0.1, 0.15) is 10.8 Å². The number of halogens is 1. The molecule has 2 unspecified atom stereocenters. The molecule has 6 heteroatoms. The van der Waals surface area contributed by atoms with Gasteiger partial charge >= 0.3 is 0 Å². The Bertz CT molecular complexity index is 544. The van der Waals surface area contributed by atoms with Crippen LogP contribution in [-0.2, 0) is 0 Å². The fourth-order valence-corrected chi connectivity index (χ4v) is 4.01. The first-order valence-corrected chi connectivity index (χ1v) is 7.78. The van der Waals surface area contributed by atoms with Crippen molar-refractivity contribution in [3.05, 3.63) is 40.7 Å². The lowest BCUT2D eigenvalue weighted by Gasteiger charge is -2.22. The molecule has 0 aliphatic heterocycles. The van der Waals surface area contributed by atoms with Gasteiger partial charge in [0.15, 0.2) is 4.34 Å². The standard InChI is InChI=1S/C13H16FN3S2/c1-3-11(15)12(9-6-4-5-7-10(9)14)19-13-17-16-8(2)18-13/h4-7,11-12H,3,15H2,1-2H3. The summed E-state index contributed by atoms with van der Waals surface area (Å²) < 4.78 is 14.8. The summed E-state index contributed by atoms with van der Waals surface area (Å²) in [4.78, 5) is 0. The largest absolute Gasteiger partial charge is 0.326 e. The zero-order valence-corrected chi connectivity index (χ0v) is 12.5. The summed E-state index contributed by atoms with van der Waals surface area (Å²) in [5, 5.41) is 8.83. The second-order valence-corrected chi connectivity index (χ2v) is 6.79. The van der Waals surface area contributed by atoms with Crippen molar-refractivity contribution in [1.29, 1.82) is 0 Å². The molecule has 3 nitrogen and oxygen atoms in total. The van der Waals surface area contributed by atoms with Crippen molar-refractivity contribution in [2.24, 2.45) is 5.73 Å². The van der Waals surface area contributed by atoms with Crippen LogP contribution in [0.3, 0.4) is 0 Å². The molecule has 0 radical (unpaired) electrons. The number of aromatic nitrogens is 2. The van der Waals surface area contributed by atoms with E-state index in [0.717, 1.165) is 15.8 Å². The minimum Gasteiger partial charge on any atom is -0.326 e. The molecule has 1 aromatic carbocycles. The zero-order chi connectivity index (χ0) is 13.8. The van der Waals surface area contributed by atoms with E-state index < -0.39 is 0 Å². The first-order chi connectivity index (χ1) is 9.11. The Kier molecular flexibility index (Phi) is 4.90. The average Bonchev–Trinajstić information content (AvgIpc) is 2.82. The number of hydrogen-bond acceptors (Lipinski definition) is 5. The first-order valence-electron chi connectivity index (χ1n) is 6.08. The number of thioether (sulfide) groups is 1. The van der Waals surface area contributed by atoms with Gasteiger partial charge in [0.05, 0.1) is 5.25 Å². The third kappa shape index (κ3) is 3.52. The van der Waals surface area contributed by atoms with Gasteiger partial charge in [-0.25, -0.2) is 4.39 Å². The van der Waals surface area contributed by atoms with Crippen molar-refractivity contribution in [2.75, 3.05) is 0 Å². The molecule has 1 aromatic heterocycles. The molecule has 2 atom stereocenters. The topological polar surface area (TPSA) is 51.8 Å². The predicted molar refractivity (Wildman–Crippen MR) is 77.9 cm³/mol. The fraction of sp³-hybridized carbons (Fsp3) is 0.385. The van der Waals surface area contributed by atoms with Crippen molar-refractivity contribution in [3.8, 4) is 0 Å². The van der Waals surface area contributed by atoms with E-state index >= 15 is 0 Å². The predicted octanol–water partition coefficient (Wildman–Crippen LogP) is 3.56. The van der Waals surface area contributed by atoms with Crippen LogP contribution in [-0.4, -0.2) is 16.2 Å². The molecule has 19 heavy (non-hydrogen) atoms. The Morgan fingerprint density at radius 2 is 2.11 bits per heavy atom. The smallest absolute Gasteiger partial charge is 0.174 e. The summed E-state index contributed by atoms with van der Waals surface area (Å²) in [7, 11) is 0. The summed E-state index contributed by atoms with van der Waals surface area (Å²) in [5.41, 5.74) is 6.78. The Labute approximate surface area is 120 Å². The minimum atomic E-state index is -0.217. The maximum atomic E-state index is 13.9. The SMILES string of the molecule is CCC(N)C(Sc1nnc(C)s1)c1ccccc1F. The lowest BCUT2D eigenvalue weighted by atomic mass is 10.0. The second-order valence-electron chi connectivity index (χ2n) is 4.22. The van der Waals surface area contributed by atoms with Gasteiger partial charge < -0.3 is 5.73 Å². The molecule has 2 rings (SSSR count). The number of aryl methyl sites for hydroxylation is 1. The van der Waals surface area contributed by atoms with E-state index in [4.69, 9.17) is 5.73 Å². The van der Waals surface area contributed by atoms with Gasteiger partial charge in [0.2, 0.25) is 0 Å². The summed E-state index contributed by atoms with van der Waals surface area (Å²) in [6.45, 7) is 3.91. The monoisotopic (exact) mass is 297 g/mol. The highest BCUT2D eigenvalue weighted by Crippen LogP contribution is 2.40. The lowest BCUT2D eigenvalue weighted by molar-refractivity contribution is 0.572. The van der Waals surface area contributed by atoms with Crippen LogP contribution in [0.1, 0.15) is 29.2 Å². The van der Waals surface area contributed by atoms with Crippen LogP contribution in [0.5, 0.6) is 0 Å². The lowest BCUT2D eigenvalue weighted by Crippen LogP contribution is -2.26. The third-order valence-electron chi connectivity index (χ3n) is 2.81. The van der Waals surface area contributed by atoms with Crippen LogP contribution in [0.15, 0.2) is 28.6 Å². The number of rotatable bonds is 5. The molecule has 0 saturated carbocycles. The highest BCUT2D eigenvalue weighted by molar-refractivity contribution is 8.01. The third-order valence-corrected chi connectivity index (χ3v) is 5.12. The first kappa shape index (κ1) is 14.4. The van der Waals surface area contributed by atoms with E-state index in [1.54, 1.807) is 12.1 Å². The molecule has 1 heterocycles. The highest BCUT2D eigenvalue weighted by Gasteiger charge is 2.24. The van der Waals surface area contributed by atoms with Crippen molar-refractivity contribution in [2.45, 2.75) is 35.9 Å². The Hall–Kier alpha value is -0.980. The van der Waals surface area contributed by atoms with E-state index in [-0.39, 0.29) is 17.1 Å². The summed E-state index contributed by atoms with van der Waals surface area (Å²) in [5.74, 6) is -0.217. The number of benzene rings is 1. The van der Waals surface area contributed by atoms with E-state index in [2.05, 4.69) is 10.2 Å². The van der Waals surface area contributed by atoms with Crippen LogP contribution in [0.25, 0.3) is 0 Å². The molecule has 0 fully saturated rings. The molecule has 2 aromatic rings. The normalized spacial score (nSPS) is 14.3. The molecular formula is C13H16FN3S2. The quantitative estimate of drug-likeness (QED) is 0.857. The summed E-state index contributed by atoms with van der Waals surface area (Å²) in [6, 6.07) is 6.66. The zero-order valence-electron chi connectivity index (χ0n) is 10.8. The molecular weight excluding hydrogens is 281 g/mol. The molecule has 0 amide bonds. The molecule has 0 saturated heterocycles. The highest BCUT2D eigenvalue weighted by atomic mass is 32.2. The summed E-state index contributed by atoms with van der Waals surface area (Å²) >= 11 is 3.00. The Morgan fingerprint density at radius 1 is 1.37 bits per heavy atom. The van der Waals surface area contributed by atoms with Crippen LogP contribution in [0.2, 0.25) is 0 Å². The van der Waals surface area contributed by atoms with Gasteiger partial charge in [0, 0.05) is 11.6 Å². The Balaban J connectivity index is 2.29. The molecule has 102 valence electrons. The molecule has 0 spiro atoms. The van der Waals surface area contributed by atoms with E-state index in [1.165, 1.54) is 29.2 Å². The van der Waals surface area contributed by atoms with Crippen LogP contribution in [0, 0.1) is 12.7 Å². The maximum Gasteiger partial charge on any atom is 0.174 e. The van der Waals surface area contributed by atoms with E-state index in [9.17, 15) is 4.39 Å². The van der Waals surface area contributed by atoms with Gasteiger partial charge in [-0.1, -0.05) is 48.2 Å². The van der Waals surface area contributed by atoms with Crippen molar-refractivity contribution < 1.29 is 4.39 Å². The minimum absolute atomic E-state index is 0.119. The van der Waals surface area contributed by atoms with Crippen molar-refractivity contribution in [1.82, 2.24) is 10.2 Å². The number of hydrogen-bond donors (Lipinski definition) is 1. The van der Waals surface area contributed by atoms with Gasteiger partial charge in [-0.05, 0) is 19.4 Å². The molecule has 0 aliphatic rings. The second kappa shape index (κ2) is 6.45. The van der Waals surface area contributed by atoms with Gasteiger partial charge in [-0.3, -0.25) is 0 Å². The fourth-order valence-electron chi connectivity index (χ4n) is 1.74. The number of nitrogens with two attached hydrogens (primary N) is 1. The van der Waals surface area contributed by atoms with Crippen molar-refractivity contribution >= 4 is 23.1 Å². The molecule has 0 bridgehead atoms. The molecule has 0 aliphatic carbocycles. The van der Waals surface area contributed by atoms with Crippen molar-refractivity contribution in [3.63, 3.8) is 0 Å². The average molecular weight is 297 g/mol. The molecule has 2 N–H and O–H groups in total. The van der Waals surface area contributed by atoms with Crippen LogP contribution in [0.4, 0.5) is 4.39 Å². The Morgan fingerprint density at radius 3 is 2.68 bits per heavy atom. The summed E-state index contributed by atoms with van der Waals surface area (Å²) in [6.07, 6.45) is 0.782. The van der Waals surface area contributed by atoms with Crippen LogP contribution < -0.4 is 5.73 Å². The van der Waals surface area contributed by atoms with E-state index in [0.29, 0.717) is 5.56 Å². The van der Waals surface area contributed by atoms with Crippen LogP contribution >= 0.6 is 23.1 Å².